The van der Waals surface area contributed by atoms with E-state index in [1.807, 2.05) is 5.38 Å². The molecule has 0 N–H and O–H groups in total. The van der Waals surface area contributed by atoms with Crippen molar-refractivity contribution >= 4 is 45.6 Å². The molecule has 5 nitrogen and oxygen atoms in total. The quantitative estimate of drug-likeness (QED) is 0.827. The fourth-order valence-electron chi connectivity index (χ4n) is 2.34. The fraction of sp³-hybridized carbons (Fsp3) is 0.333. The topological polar surface area (TPSA) is 45.7 Å². The van der Waals surface area contributed by atoms with E-state index in [-0.39, 0.29) is 12.5 Å². The van der Waals surface area contributed by atoms with E-state index < -0.39 is 0 Å². The number of carbonyl (C=O) groups is 1. The van der Waals surface area contributed by atoms with Crippen LogP contribution in [-0.4, -0.2) is 48.6 Å². The number of hydrogen-bond acceptors (Lipinski definition) is 5. The largest absolute Gasteiger partial charge is 0.482 e. The smallest absolute Gasteiger partial charge is 0.260 e. The van der Waals surface area contributed by atoms with Gasteiger partial charge in [0.05, 0.1) is 5.02 Å². The SMILES string of the molecule is O=C(COc1cc(Cl)ccc1Cl)N1CCN(c2nccs2)CC1. The van der Waals surface area contributed by atoms with Gasteiger partial charge in [0.25, 0.3) is 5.91 Å². The molecule has 1 aromatic heterocycles. The summed E-state index contributed by atoms with van der Waals surface area (Å²) in [4.78, 5) is 20.5. The van der Waals surface area contributed by atoms with Crippen molar-refractivity contribution in [1.82, 2.24) is 9.88 Å². The molecule has 23 heavy (non-hydrogen) atoms. The van der Waals surface area contributed by atoms with Crippen molar-refractivity contribution in [3.05, 3.63) is 39.8 Å². The van der Waals surface area contributed by atoms with Crippen molar-refractivity contribution in [1.29, 1.82) is 0 Å². The first-order valence-corrected chi connectivity index (χ1v) is 8.77. The van der Waals surface area contributed by atoms with Gasteiger partial charge in [-0.2, -0.15) is 0 Å². The Morgan fingerprint density at radius 2 is 2.04 bits per heavy atom. The zero-order valence-corrected chi connectivity index (χ0v) is 14.6. The van der Waals surface area contributed by atoms with Crippen LogP contribution >= 0.6 is 34.5 Å². The molecule has 0 unspecified atom stereocenters. The molecule has 2 aromatic rings. The first kappa shape index (κ1) is 16.4. The summed E-state index contributed by atoms with van der Waals surface area (Å²) < 4.78 is 5.50. The number of ether oxygens (including phenoxy) is 1. The third-order valence-electron chi connectivity index (χ3n) is 3.57. The fourth-order valence-corrected chi connectivity index (χ4v) is 3.37. The molecule has 0 bridgehead atoms. The molecular formula is C15H15Cl2N3O2S. The minimum absolute atomic E-state index is 0.0443. The molecule has 1 fully saturated rings. The van der Waals surface area contributed by atoms with E-state index in [1.54, 1.807) is 40.6 Å². The first-order valence-electron chi connectivity index (χ1n) is 7.13. The van der Waals surface area contributed by atoms with E-state index in [1.165, 1.54) is 0 Å². The monoisotopic (exact) mass is 371 g/mol. The van der Waals surface area contributed by atoms with Crippen LogP contribution in [-0.2, 0) is 4.79 Å². The summed E-state index contributed by atoms with van der Waals surface area (Å²) in [5.74, 6) is 0.369. The van der Waals surface area contributed by atoms with Gasteiger partial charge >= 0.3 is 0 Å². The summed E-state index contributed by atoms with van der Waals surface area (Å²) in [6, 6.07) is 4.93. The lowest BCUT2D eigenvalue weighted by atomic mass is 10.3. The molecule has 2 heterocycles. The number of nitrogens with zero attached hydrogens (tertiary/aromatic N) is 3. The van der Waals surface area contributed by atoms with Crippen molar-refractivity contribution in [2.45, 2.75) is 0 Å². The average Bonchev–Trinajstić information content (AvgIpc) is 3.10. The minimum Gasteiger partial charge on any atom is -0.482 e. The standard InChI is InChI=1S/C15H15Cl2N3O2S/c16-11-1-2-12(17)13(9-11)22-10-14(21)19-4-6-20(7-5-19)15-18-3-8-23-15/h1-3,8-9H,4-7,10H2. The molecule has 0 aliphatic carbocycles. The number of carbonyl (C=O) groups excluding carboxylic acids is 1. The molecule has 0 radical (unpaired) electrons. The number of benzene rings is 1. The predicted octanol–water partition coefficient (Wildman–Crippen LogP) is 3.18. The molecule has 8 heteroatoms. The highest BCUT2D eigenvalue weighted by Gasteiger charge is 2.22. The van der Waals surface area contributed by atoms with Gasteiger partial charge in [-0.1, -0.05) is 23.2 Å². The van der Waals surface area contributed by atoms with E-state index in [9.17, 15) is 4.79 Å². The van der Waals surface area contributed by atoms with Gasteiger partial charge in [-0.05, 0) is 12.1 Å². The lowest BCUT2D eigenvalue weighted by Gasteiger charge is -2.34. The summed E-state index contributed by atoms with van der Waals surface area (Å²) in [6.45, 7) is 2.82. The van der Waals surface area contributed by atoms with Gasteiger partial charge in [0.15, 0.2) is 11.7 Å². The number of amides is 1. The molecule has 1 aromatic carbocycles. The Labute approximate surface area is 148 Å². The lowest BCUT2D eigenvalue weighted by Crippen LogP contribution is -2.50. The third kappa shape index (κ3) is 4.07. The number of piperazine rings is 1. The van der Waals surface area contributed by atoms with Crippen LogP contribution in [0.3, 0.4) is 0 Å². The Hall–Kier alpha value is -1.50. The van der Waals surface area contributed by atoms with Gasteiger partial charge in [-0.15, -0.1) is 11.3 Å². The number of halogens is 2. The van der Waals surface area contributed by atoms with Gasteiger partial charge in [0.2, 0.25) is 0 Å². The molecule has 0 saturated carbocycles. The van der Waals surface area contributed by atoms with Crippen molar-refractivity contribution < 1.29 is 9.53 Å². The Balaban J connectivity index is 1.51. The highest BCUT2D eigenvalue weighted by Crippen LogP contribution is 2.27. The molecule has 1 saturated heterocycles. The van der Waals surface area contributed by atoms with Crippen LogP contribution in [0.15, 0.2) is 29.8 Å². The van der Waals surface area contributed by atoms with Gasteiger partial charge in [0.1, 0.15) is 5.75 Å². The summed E-state index contributed by atoms with van der Waals surface area (Å²) in [5, 5.41) is 3.92. The van der Waals surface area contributed by atoms with Gasteiger partial charge in [-0.25, -0.2) is 4.98 Å². The van der Waals surface area contributed by atoms with Gasteiger partial charge in [-0.3, -0.25) is 4.79 Å². The summed E-state index contributed by atoms with van der Waals surface area (Å²) in [6.07, 6.45) is 1.79. The molecule has 0 atom stereocenters. The van der Waals surface area contributed by atoms with Crippen molar-refractivity contribution in [2.24, 2.45) is 0 Å². The highest BCUT2D eigenvalue weighted by molar-refractivity contribution is 7.13. The highest BCUT2D eigenvalue weighted by atomic mass is 35.5. The predicted molar refractivity (Wildman–Crippen MR) is 92.9 cm³/mol. The molecule has 1 aliphatic heterocycles. The number of hydrogen-bond donors (Lipinski definition) is 0. The molecule has 1 amide bonds. The van der Waals surface area contributed by atoms with Crippen LogP contribution in [0.2, 0.25) is 10.0 Å². The van der Waals surface area contributed by atoms with E-state index in [0.29, 0.717) is 28.9 Å². The van der Waals surface area contributed by atoms with E-state index >= 15 is 0 Å². The number of rotatable bonds is 4. The van der Waals surface area contributed by atoms with Crippen LogP contribution in [0.25, 0.3) is 0 Å². The second kappa shape index (κ2) is 7.38. The maximum Gasteiger partial charge on any atom is 0.260 e. The van der Waals surface area contributed by atoms with Crippen molar-refractivity contribution in [2.75, 3.05) is 37.7 Å². The third-order valence-corrected chi connectivity index (χ3v) is 4.95. The molecule has 122 valence electrons. The van der Waals surface area contributed by atoms with E-state index in [4.69, 9.17) is 27.9 Å². The van der Waals surface area contributed by atoms with Crippen molar-refractivity contribution in [3.8, 4) is 5.75 Å². The summed E-state index contributed by atoms with van der Waals surface area (Å²) >= 11 is 13.5. The van der Waals surface area contributed by atoms with Crippen LogP contribution < -0.4 is 9.64 Å². The summed E-state index contributed by atoms with van der Waals surface area (Å²) in [7, 11) is 0. The molecule has 1 aliphatic rings. The second-order valence-electron chi connectivity index (χ2n) is 5.05. The van der Waals surface area contributed by atoms with Crippen molar-refractivity contribution in [3.63, 3.8) is 0 Å². The van der Waals surface area contributed by atoms with Crippen LogP contribution in [0.1, 0.15) is 0 Å². The first-order chi connectivity index (χ1) is 11.1. The minimum atomic E-state index is -0.0557. The normalized spacial score (nSPS) is 14.9. The van der Waals surface area contributed by atoms with E-state index in [2.05, 4.69) is 9.88 Å². The Morgan fingerprint density at radius 3 is 2.74 bits per heavy atom. The second-order valence-corrected chi connectivity index (χ2v) is 6.76. The van der Waals surface area contributed by atoms with Gasteiger partial charge in [0, 0.05) is 48.8 Å². The molecule has 3 rings (SSSR count). The maximum atomic E-state index is 12.3. The zero-order valence-electron chi connectivity index (χ0n) is 12.2. The van der Waals surface area contributed by atoms with E-state index in [0.717, 1.165) is 18.2 Å². The van der Waals surface area contributed by atoms with Crippen LogP contribution in [0, 0.1) is 0 Å². The average molecular weight is 372 g/mol. The number of thiazole rings is 1. The lowest BCUT2D eigenvalue weighted by molar-refractivity contribution is -0.133. The van der Waals surface area contributed by atoms with Gasteiger partial charge < -0.3 is 14.5 Å². The maximum absolute atomic E-state index is 12.3. The Morgan fingerprint density at radius 1 is 1.26 bits per heavy atom. The molecule has 0 spiro atoms. The summed E-state index contributed by atoms with van der Waals surface area (Å²) in [5.41, 5.74) is 0. The number of anilines is 1. The number of aromatic nitrogens is 1. The zero-order chi connectivity index (χ0) is 16.2. The molecular weight excluding hydrogens is 357 g/mol. The Kier molecular flexibility index (Phi) is 5.25. The van der Waals surface area contributed by atoms with Crippen LogP contribution in [0.5, 0.6) is 5.75 Å². The van der Waals surface area contributed by atoms with Crippen LogP contribution in [0.4, 0.5) is 5.13 Å². The Bertz CT molecular complexity index is 673.